The zero-order chi connectivity index (χ0) is 18.4. The molecule has 0 aliphatic rings. The Morgan fingerprint density at radius 3 is 2.44 bits per heavy atom. The van der Waals surface area contributed by atoms with Gasteiger partial charge in [0.25, 0.3) is 0 Å². The van der Waals surface area contributed by atoms with Crippen LogP contribution in [0, 0.1) is 0 Å². The van der Waals surface area contributed by atoms with Crippen LogP contribution < -0.4 is 5.32 Å². The van der Waals surface area contributed by atoms with E-state index in [1.807, 2.05) is 32.0 Å². The van der Waals surface area contributed by atoms with E-state index in [4.69, 9.17) is 0 Å². The predicted octanol–water partition coefficient (Wildman–Crippen LogP) is 2.84. The van der Waals surface area contributed by atoms with Crippen molar-refractivity contribution in [2.45, 2.75) is 29.8 Å². The fourth-order valence-electron chi connectivity index (χ4n) is 1.92. The monoisotopic (exact) mass is 379 g/mol. The number of nitrogens with zero attached hydrogens (tertiary/aromatic N) is 2. The first kappa shape index (κ1) is 19.4. The van der Waals surface area contributed by atoms with Gasteiger partial charge in [-0.3, -0.25) is 4.79 Å². The number of hydrogen-bond donors (Lipinski definition) is 1. The van der Waals surface area contributed by atoms with E-state index in [1.54, 1.807) is 25.4 Å². The molecule has 1 aromatic carbocycles. The van der Waals surface area contributed by atoms with Crippen LogP contribution in [0.15, 0.2) is 58.6 Å². The van der Waals surface area contributed by atoms with Gasteiger partial charge in [-0.15, -0.1) is 0 Å². The molecule has 0 radical (unpaired) electrons. The highest BCUT2D eigenvalue weighted by atomic mass is 32.2. The molecule has 1 heterocycles. The van der Waals surface area contributed by atoms with Gasteiger partial charge < -0.3 is 5.32 Å². The number of carbonyl (C=O) groups is 1. The molecule has 0 spiro atoms. The lowest BCUT2D eigenvalue weighted by Crippen LogP contribution is -2.33. The third-order valence-corrected chi connectivity index (χ3v) is 6.52. The number of carbonyl (C=O) groups excluding carboxylic acids is 1. The van der Waals surface area contributed by atoms with Crippen molar-refractivity contribution in [3.05, 3.63) is 48.7 Å². The van der Waals surface area contributed by atoms with Gasteiger partial charge in [-0.1, -0.05) is 17.8 Å². The zero-order valence-electron chi connectivity index (χ0n) is 14.3. The topological polar surface area (TPSA) is 79.4 Å². The lowest BCUT2D eigenvalue weighted by atomic mass is 10.3. The van der Waals surface area contributed by atoms with Crippen molar-refractivity contribution in [3.63, 3.8) is 0 Å². The van der Waals surface area contributed by atoms with Crippen molar-refractivity contribution < 1.29 is 13.2 Å². The van der Waals surface area contributed by atoms with Crippen LogP contribution in [0.4, 0.5) is 5.69 Å². The highest BCUT2D eigenvalue weighted by molar-refractivity contribution is 7.99. The molecule has 6 nitrogen and oxygen atoms in total. The summed E-state index contributed by atoms with van der Waals surface area (Å²) in [7, 11) is -1.98. The second-order valence-electron chi connectivity index (χ2n) is 5.64. The summed E-state index contributed by atoms with van der Waals surface area (Å²) in [5, 5.41) is 3.52. The van der Waals surface area contributed by atoms with Crippen molar-refractivity contribution in [1.29, 1.82) is 0 Å². The van der Waals surface area contributed by atoms with Gasteiger partial charge in [-0.05, 0) is 50.2 Å². The normalized spacial score (nSPS) is 11.7. The van der Waals surface area contributed by atoms with Crippen molar-refractivity contribution in [3.8, 4) is 0 Å². The summed E-state index contributed by atoms with van der Waals surface area (Å²) >= 11 is 1.34. The van der Waals surface area contributed by atoms with Crippen LogP contribution in [0.3, 0.4) is 0 Å². The smallest absolute Gasteiger partial charge is 0.243 e. The van der Waals surface area contributed by atoms with Crippen LogP contribution in [0.1, 0.15) is 13.8 Å². The van der Waals surface area contributed by atoms with Gasteiger partial charge in [0.15, 0.2) is 0 Å². The van der Waals surface area contributed by atoms with E-state index in [-0.39, 0.29) is 22.6 Å². The molecule has 0 saturated carbocycles. The van der Waals surface area contributed by atoms with Gasteiger partial charge in [0.1, 0.15) is 0 Å². The number of aromatic nitrogens is 1. The molecule has 0 aliphatic heterocycles. The van der Waals surface area contributed by atoms with Crippen LogP contribution in [0.5, 0.6) is 0 Å². The van der Waals surface area contributed by atoms with E-state index in [9.17, 15) is 13.2 Å². The molecule has 1 amide bonds. The minimum Gasteiger partial charge on any atom is -0.325 e. The van der Waals surface area contributed by atoms with E-state index < -0.39 is 10.0 Å². The maximum atomic E-state index is 12.4. The lowest BCUT2D eigenvalue weighted by Gasteiger charge is -2.21. The molecule has 134 valence electrons. The number of anilines is 1. The van der Waals surface area contributed by atoms with Gasteiger partial charge >= 0.3 is 0 Å². The van der Waals surface area contributed by atoms with Crippen LogP contribution in [-0.4, -0.2) is 42.5 Å². The third kappa shape index (κ3) is 5.29. The lowest BCUT2D eigenvalue weighted by molar-refractivity contribution is -0.113. The molecule has 0 fully saturated rings. The molecule has 0 aliphatic carbocycles. The number of amides is 1. The molecule has 8 heteroatoms. The van der Waals surface area contributed by atoms with Crippen molar-refractivity contribution in [2.24, 2.45) is 0 Å². The summed E-state index contributed by atoms with van der Waals surface area (Å²) in [6, 6.07) is 11.5. The maximum absolute atomic E-state index is 12.4. The summed E-state index contributed by atoms with van der Waals surface area (Å²) in [4.78, 5) is 16.3. The Hall–Kier alpha value is -1.90. The first-order valence-corrected chi connectivity index (χ1v) is 10.1. The molecule has 2 aromatic rings. The fourth-order valence-corrected chi connectivity index (χ4v) is 3.95. The summed E-state index contributed by atoms with van der Waals surface area (Å²) in [5.41, 5.74) is 0.553. The average molecular weight is 380 g/mol. The molecule has 1 N–H and O–H groups in total. The average Bonchev–Trinajstić information content (AvgIpc) is 2.60. The van der Waals surface area contributed by atoms with E-state index in [2.05, 4.69) is 10.3 Å². The van der Waals surface area contributed by atoms with Gasteiger partial charge in [0, 0.05) is 25.0 Å². The van der Waals surface area contributed by atoms with Gasteiger partial charge in [-0.2, -0.15) is 4.31 Å². The Kier molecular flexibility index (Phi) is 6.57. The molecular weight excluding hydrogens is 358 g/mol. The number of thioether (sulfide) groups is 1. The molecular formula is C17H21N3O3S2. The largest absolute Gasteiger partial charge is 0.325 e. The van der Waals surface area contributed by atoms with E-state index in [0.29, 0.717) is 5.69 Å². The Bertz CT molecular complexity index is 807. The summed E-state index contributed by atoms with van der Waals surface area (Å²) in [6.07, 6.45) is 1.67. The van der Waals surface area contributed by atoms with Gasteiger partial charge in [-0.25, -0.2) is 13.4 Å². The Balaban J connectivity index is 1.97. The van der Waals surface area contributed by atoms with Gasteiger partial charge in [0.2, 0.25) is 15.9 Å². The van der Waals surface area contributed by atoms with Crippen molar-refractivity contribution in [1.82, 2.24) is 9.29 Å². The van der Waals surface area contributed by atoms with E-state index in [0.717, 1.165) is 5.03 Å². The SMILES string of the molecule is CC(C)N(C)S(=O)(=O)c1ccc(NC(=O)CSc2ccccn2)cc1. The quantitative estimate of drug-likeness (QED) is 0.749. The second kappa shape index (κ2) is 8.46. The Morgan fingerprint density at radius 2 is 1.88 bits per heavy atom. The standard InChI is InChI=1S/C17H21N3O3S2/c1-13(2)20(3)25(22,23)15-9-7-14(8-10-15)19-16(21)12-24-17-6-4-5-11-18-17/h4-11,13H,12H2,1-3H3,(H,19,21). The fraction of sp³-hybridized carbons (Fsp3) is 0.294. The summed E-state index contributed by atoms with van der Waals surface area (Å²) in [5.74, 6) is 0.0539. The number of nitrogens with one attached hydrogen (secondary N) is 1. The molecule has 0 unspecified atom stereocenters. The number of rotatable bonds is 7. The van der Waals surface area contributed by atoms with Crippen LogP contribution in [0.25, 0.3) is 0 Å². The second-order valence-corrected chi connectivity index (χ2v) is 8.64. The summed E-state index contributed by atoms with van der Waals surface area (Å²) < 4.78 is 26.1. The molecule has 1 aromatic heterocycles. The first-order chi connectivity index (χ1) is 11.8. The Labute approximate surface area is 152 Å². The van der Waals surface area contributed by atoms with E-state index >= 15 is 0 Å². The van der Waals surface area contributed by atoms with Crippen molar-refractivity contribution in [2.75, 3.05) is 18.1 Å². The number of hydrogen-bond acceptors (Lipinski definition) is 5. The minimum atomic E-state index is -3.52. The van der Waals surface area contributed by atoms with Gasteiger partial charge in [0.05, 0.1) is 15.7 Å². The van der Waals surface area contributed by atoms with Crippen molar-refractivity contribution >= 4 is 33.4 Å². The Morgan fingerprint density at radius 1 is 1.20 bits per heavy atom. The van der Waals surface area contributed by atoms with E-state index in [1.165, 1.54) is 28.2 Å². The summed E-state index contributed by atoms with van der Waals surface area (Å²) in [6.45, 7) is 3.62. The van der Waals surface area contributed by atoms with Crippen LogP contribution in [0.2, 0.25) is 0 Å². The van der Waals surface area contributed by atoms with Crippen LogP contribution >= 0.6 is 11.8 Å². The number of pyridine rings is 1. The highest BCUT2D eigenvalue weighted by Crippen LogP contribution is 2.20. The third-order valence-electron chi connectivity index (χ3n) is 3.53. The maximum Gasteiger partial charge on any atom is 0.243 e. The zero-order valence-corrected chi connectivity index (χ0v) is 16.0. The molecule has 0 atom stereocenters. The number of benzene rings is 1. The molecule has 0 bridgehead atoms. The molecule has 25 heavy (non-hydrogen) atoms. The van der Waals surface area contributed by atoms with Crippen LogP contribution in [-0.2, 0) is 14.8 Å². The first-order valence-electron chi connectivity index (χ1n) is 7.72. The molecule has 0 saturated heterocycles. The minimum absolute atomic E-state index is 0.131. The highest BCUT2D eigenvalue weighted by Gasteiger charge is 2.22. The molecule has 2 rings (SSSR count). The predicted molar refractivity (Wildman–Crippen MR) is 100 cm³/mol. The number of sulfonamides is 1.